The molecule has 0 bridgehead atoms. The first-order valence-electron chi connectivity index (χ1n) is 4.98. The number of methoxy groups -OCH3 is 2. The van der Waals surface area contributed by atoms with Crippen LogP contribution in [0.2, 0.25) is 0 Å². The van der Waals surface area contributed by atoms with Gasteiger partial charge < -0.3 is 14.8 Å². The van der Waals surface area contributed by atoms with Crippen molar-refractivity contribution < 1.29 is 9.47 Å². The predicted molar refractivity (Wildman–Crippen MR) is 71.6 cm³/mol. The molecule has 0 spiro atoms. The van der Waals surface area contributed by atoms with E-state index in [0.717, 1.165) is 16.6 Å². The highest BCUT2D eigenvalue weighted by molar-refractivity contribution is 5.93. The third-order valence-electron chi connectivity index (χ3n) is 2.52. The summed E-state index contributed by atoms with van der Waals surface area (Å²) in [7, 11) is 5.12. The highest BCUT2D eigenvalue weighted by atomic mass is 35.5. The van der Waals surface area contributed by atoms with E-state index in [1.165, 1.54) is 0 Å². The fourth-order valence-corrected chi connectivity index (χ4v) is 1.69. The van der Waals surface area contributed by atoms with Crippen molar-refractivity contribution in [2.45, 2.75) is 0 Å². The van der Waals surface area contributed by atoms with E-state index in [1.54, 1.807) is 20.4 Å². The Hall–Kier alpha value is -1.68. The predicted octanol–water partition coefficient (Wildman–Crippen LogP) is 2.72. The molecule has 0 fully saturated rings. The second kappa shape index (κ2) is 5.59. The summed E-state index contributed by atoms with van der Waals surface area (Å²) in [6.07, 6.45) is 1.76. The highest BCUT2D eigenvalue weighted by Gasteiger charge is 2.08. The van der Waals surface area contributed by atoms with Crippen molar-refractivity contribution in [3.05, 3.63) is 24.4 Å². The van der Waals surface area contributed by atoms with Gasteiger partial charge in [0.05, 0.1) is 19.7 Å². The number of anilines is 1. The molecule has 0 saturated carbocycles. The van der Waals surface area contributed by atoms with Crippen molar-refractivity contribution in [1.82, 2.24) is 4.98 Å². The monoisotopic (exact) mass is 254 g/mol. The molecule has 0 amide bonds. The molecule has 1 aromatic heterocycles. The summed E-state index contributed by atoms with van der Waals surface area (Å²) < 4.78 is 10.5. The molecule has 2 aromatic rings. The second-order valence-electron chi connectivity index (χ2n) is 3.33. The number of aromatic nitrogens is 1. The number of benzene rings is 1. The van der Waals surface area contributed by atoms with Gasteiger partial charge in [0.1, 0.15) is 0 Å². The average molecular weight is 255 g/mol. The third-order valence-corrected chi connectivity index (χ3v) is 2.52. The zero-order chi connectivity index (χ0) is 11.5. The number of rotatable bonds is 3. The van der Waals surface area contributed by atoms with Gasteiger partial charge in [-0.3, -0.25) is 4.98 Å². The van der Waals surface area contributed by atoms with E-state index in [2.05, 4.69) is 10.3 Å². The van der Waals surface area contributed by atoms with Gasteiger partial charge in [-0.2, -0.15) is 0 Å². The maximum atomic E-state index is 5.26. The lowest BCUT2D eigenvalue weighted by molar-refractivity contribution is 0.356. The Balaban J connectivity index is 0.00000144. The molecule has 1 heterocycles. The number of hydrogen-bond donors (Lipinski definition) is 1. The van der Waals surface area contributed by atoms with Crippen molar-refractivity contribution in [2.24, 2.45) is 0 Å². The molecule has 2 rings (SSSR count). The van der Waals surface area contributed by atoms with Crippen molar-refractivity contribution in [3.63, 3.8) is 0 Å². The van der Waals surface area contributed by atoms with Crippen LogP contribution in [0.4, 0.5) is 5.69 Å². The molecular weight excluding hydrogens is 240 g/mol. The highest BCUT2D eigenvalue weighted by Crippen LogP contribution is 2.33. The molecule has 1 aromatic carbocycles. The van der Waals surface area contributed by atoms with E-state index in [4.69, 9.17) is 9.47 Å². The topological polar surface area (TPSA) is 43.4 Å². The molecule has 0 aliphatic carbocycles. The van der Waals surface area contributed by atoms with Crippen LogP contribution in [-0.2, 0) is 0 Å². The maximum absolute atomic E-state index is 5.26. The third kappa shape index (κ3) is 2.36. The Morgan fingerprint density at radius 2 is 1.76 bits per heavy atom. The molecule has 0 aliphatic heterocycles. The van der Waals surface area contributed by atoms with Gasteiger partial charge in [-0.15, -0.1) is 12.4 Å². The summed E-state index contributed by atoms with van der Waals surface area (Å²) in [5.74, 6) is 1.40. The molecule has 92 valence electrons. The van der Waals surface area contributed by atoms with E-state index < -0.39 is 0 Å². The van der Waals surface area contributed by atoms with Crippen LogP contribution in [0.3, 0.4) is 0 Å². The van der Waals surface area contributed by atoms with Crippen LogP contribution < -0.4 is 14.8 Å². The molecule has 1 N–H and O–H groups in total. The number of fused-ring (bicyclic) bond motifs is 1. The molecule has 0 radical (unpaired) electrons. The van der Waals surface area contributed by atoms with Gasteiger partial charge >= 0.3 is 0 Å². The van der Waals surface area contributed by atoms with Gasteiger partial charge in [0.15, 0.2) is 11.5 Å². The number of nitrogens with one attached hydrogen (secondary N) is 1. The minimum Gasteiger partial charge on any atom is -0.493 e. The lowest BCUT2D eigenvalue weighted by Crippen LogP contribution is -1.94. The zero-order valence-electron chi connectivity index (χ0n) is 9.98. The average Bonchev–Trinajstić information content (AvgIpc) is 2.36. The summed E-state index contributed by atoms with van der Waals surface area (Å²) in [5.41, 5.74) is 1.90. The van der Waals surface area contributed by atoms with Crippen molar-refractivity contribution >= 4 is 29.0 Å². The largest absolute Gasteiger partial charge is 0.493 e. The lowest BCUT2D eigenvalue weighted by atomic mass is 10.1. The molecule has 4 nitrogen and oxygen atoms in total. The van der Waals surface area contributed by atoms with Gasteiger partial charge in [-0.1, -0.05) is 0 Å². The van der Waals surface area contributed by atoms with Crippen molar-refractivity contribution in [3.8, 4) is 11.5 Å². The molecule has 17 heavy (non-hydrogen) atoms. The quantitative estimate of drug-likeness (QED) is 0.915. The normalized spacial score (nSPS) is 9.59. The first-order chi connectivity index (χ1) is 7.80. The van der Waals surface area contributed by atoms with Crippen LogP contribution in [-0.4, -0.2) is 26.3 Å². The van der Waals surface area contributed by atoms with E-state index >= 15 is 0 Å². The van der Waals surface area contributed by atoms with E-state index in [0.29, 0.717) is 11.5 Å². The molecule has 0 unspecified atom stereocenters. The Morgan fingerprint density at radius 3 is 2.35 bits per heavy atom. The second-order valence-corrected chi connectivity index (χ2v) is 3.33. The molecular formula is C12H15ClN2O2. The Morgan fingerprint density at radius 1 is 1.12 bits per heavy atom. The zero-order valence-corrected chi connectivity index (χ0v) is 10.8. The van der Waals surface area contributed by atoms with Crippen molar-refractivity contribution in [1.29, 1.82) is 0 Å². The first kappa shape index (κ1) is 13.4. The minimum atomic E-state index is 0. The van der Waals surface area contributed by atoms with Crippen LogP contribution in [0.25, 0.3) is 10.9 Å². The van der Waals surface area contributed by atoms with Crippen LogP contribution >= 0.6 is 12.4 Å². The number of ether oxygens (including phenoxy) is 2. The SMILES string of the molecule is CNc1ccnc2cc(OC)c(OC)cc12.Cl. The van der Waals surface area contributed by atoms with Crippen molar-refractivity contribution in [2.75, 3.05) is 26.6 Å². The van der Waals surface area contributed by atoms with Gasteiger partial charge in [-0.05, 0) is 12.1 Å². The summed E-state index contributed by atoms with van der Waals surface area (Å²) in [6.45, 7) is 0. The van der Waals surface area contributed by atoms with Crippen LogP contribution in [0.5, 0.6) is 11.5 Å². The fourth-order valence-electron chi connectivity index (χ4n) is 1.69. The van der Waals surface area contributed by atoms with Gasteiger partial charge in [0, 0.05) is 30.4 Å². The Kier molecular flexibility index (Phi) is 4.40. The fraction of sp³-hybridized carbons (Fsp3) is 0.250. The van der Waals surface area contributed by atoms with E-state index in [-0.39, 0.29) is 12.4 Å². The standard InChI is InChI=1S/C12H14N2O2.ClH/c1-13-9-4-5-14-10-7-12(16-3)11(15-2)6-8(9)10;/h4-7H,1-3H3,(H,13,14);1H. The molecule has 0 atom stereocenters. The summed E-state index contributed by atoms with van der Waals surface area (Å²) in [4.78, 5) is 4.30. The molecule has 0 aliphatic rings. The van der Waals surface area contributed by atoms with Gasteiger partial charge in [0.2, 0.25) is 0 Å². The smallest absolute Gasteiger partial charge is 0.162 e. The number of halogens is 1. The van der Waals surface area contributed by atoms with Crippen LogP contribution in [0.15, 0.2) is 24.4 Å². The number of nitrogens with zero attached hydrogens (tertiary/aromatic N) is 1. The van der Waals surface area contributed by atoms with Crippen LogP contribution in [0.1, 0.15) is 0 Å². The Labute approximate surface area is 106 Å². The number of hydrogen-bond acceptors (Lipinski definition) is 4. The summed E-state index contributed by atoms with van der Waals surface area (Å²) >= 11 is 0. The molecule has 0 saturated heterocycles. The van der Waals surface area contributed by atoms with E-state index in [9.17, 15) is 0 Å². The summed E-state index contributed by atoms with van der Waals surface area (Å²) in [6, 6.07) is 5.72. The Bertz CT molecular complexity index is 517. The van der Waals surface area contributed by atoms with Crippen LogP contribution in [0, 0.1) is 0 Å². The lowest BCUT2D eigenvalue weighted by Gasteiger charge is -2.10. The minimum absolute atomic E-state index is 0. The molecule has 5 heteroatoms. The first-order valence-corrected chi connectivity index (χ1v) is 4.98. The van der Waals surface area contributed by atoms with Gasteiger partial charge in [0.25, 0.3) is 0 Å². The summed E-state index contributed by atoms with van der Waals surface area (Å²) in [5, 5.41) is 4.14. The number of pyridine rings is 1. The van der Waals surface area contributed by atoms with Gasteiger partial charge in [-0.25, -0.2) is 0 Å². The van der Waals surface area contributed by atoms with E-state index in [1.807, 2.05) is 25.2 Å². The maximum Gasteiger partial charge on any atom is 0.162 e.